The molecular formula is C20H21ClFNO5S. The zero-order chi connectivity index (χ0) is 20.9. The Bertz CT molecular complexity index is 959. The van der Waals surface area contributed by atoms with Crippen molar-refractivity contribution in [2.75, 3.05) is 26.3 Å². The summed E-state index contributed by atoms with van der Waals surface area (Å²) in [6.45, 7) is 1.28. The lowest BCUT2D eigenvalue weighted by Crippen LogP contribution is -2.28. The lowest BCUT2D eigenvalue weighted by atomic mass is 10.2. The summed E-state index contributed by atoms with van der Waals surface area (Å²) in [4.78, 5) is 12.4. The molecule has 1 heterocycles. The summed E-state index contributed by atoms with van der Waals surface area (Å²) in [5.74, 6) is -0.534. The highest BCUT2D eigenvalue weighted by molar-refractivity contribution is 7.89. The minimum absolute atomic E-state index is 0.00592. The number of hydrogen-bond acceptors (Lipinski definition) is 5. The molecule has 0 amide bonds. The van der Waals surface area contributed by atoms with Crippen LogP contribution >= 0.6 is 11.6 Å². The molecule has 1 saturated heterocycles. The van der Waals surface area contributed by atoms with Crippen LogP contribution in [-0.2, 0) is 14.8 Å². The quantitative estimate of drug-likeness (QED) is 0.459. The van der Waals surface area contributed by atoms with Crippen molar-refractivity contribution in [2.45, 2.75) is 24.2 Å². The van der Waals surface area contributed by atoms with Crippen LogP contribution in [0, 0.1) is 5.82 Å². The normalized spacial score (nSPS) is 14.7. The van der Waals surface area contributed by atoms with E-state index < -0.39 is 16.0 Å². The average molecular weight is 442 g/mol. The van der Waals surface area contributed by atoms with E-state index in [0.29, 0.717) is 25.3 Å². The molecule has 0 bridgehead atoms. The SMILES string of the molecule is O=C(OCCCOc1ccc(F)cc1)c1cc(S(=O)(=O)N2CCCC2)ccc1Cl. The van der Waals surface area contributed by atoms with Gasteiger partial charge in [0, 0.05) is 19.5 Å². The topological polar surface area (TPSA) is 72.9 Å². The lowest BCUT2D eigenvalue weighted by Gasteiger charge is -2.16. The van der Waals surface area contributed by atoms with E-state index >= 15 is 0 Å². The van der Waals surface area contributed by atoms with Gasteiger partial charge in [-0.15, -0.1) is 0 Å². The van der Waals surface area contributed by atoms with Gasteiger partial charge in [-0.05, 0) is 55.3 Å². The van der Waals surface area contributed by atoms with E-state index in [2.05, 4.69) is 0 Å². The minimum Gasteiger partial charge on any atom is -0.493 e. The maximum atomic E-state index is 12.8. The number of hydrogen-bond donors (Lipinski definition) is 0. The third-order valence-corrected chi connectivity index (χ3v) is 6.69. The summed E-state index contributed by atoms with van der Waals surface area (Å²) in [6, 6.07) is 9.64. The van der Waals surface area contributed by atoms with Gasteiger partial charge in [0.05, 0.1) is 28.7 Å². The van der Waals surface area contributed by atoms with E-state index in [-0.39, 0.29) is 34.5 Å². The van der Waals surface area contributed by atoms with Crippen LogP contribution in [0.4, 0.5) is 4.39 Å². The van der Waals surface area contributed by atoms with Gasteiger partial charge in [0.15, 0.2) is 0 Å². The van der Waals surface area contributed by atoms with Crippen molar-refractivity contribution < 1.29 is 27.1 Å². The molecule has 1 aliphatic heterocycles. The van der Waals surface area contributed by atoms with Crippen LogP contribution < -0.4 is 4.74 Å². The van der Waals surface area contributed by atoms with E-state index in [1.54, 1.807) is 0 Å². The van der Waals surface area contributed by atoms with Gasteiger partial charge in [0.25, 0.3) is 0 Å². The summed E-state index contributed by atoms with van der Waals surface area (Å²) in [6.07, 6.45) is 2.05. The third-order valence-electron chi connectivity index (χ3n) is 4.46. The van der Waals surface area contributed by atoms with Crippen molar-refractivity contribution in [3.63, 3.8) is 0 Å². The van der Waals surface area contributed by atoms with Crippen molar-refractivity contribution >= 4 is 27.6 Å². The Balaban J connectivity index is 1.55. The Labute approximate surface area is 174 Å². The minimum atomic E-state index is -3.65. The van der Waals surface area contributed by atoms with Crippen LogP contribution in [-0.4, -0.2) is 45.0 Å². The molecule has 6 nitrogen and oxygen atoms in total. The summed E-state index contributed by atoms with van der Waals surface area (Å²) < 4.78 is 50.2. The Kier molecular flexibility index (Phi) is 7.10. The highest BCUT2D eigenvalue weighted by Crippen LogP contribution is 2.25. The third kappa shape index (κ3) is 5.46. The Hall–Kier alpha value is -2.16. The van der Waals surface area contributed by atoms with Gasteiger partial charge in [-0.1, -0.05) is 11.6 Å². The largest absolute Gasteiger partial charge is 0.493 e. The van der Waals surface area contributed by atoms with Gasteiger partial charge >= 0.3 is 5.97 Å². The second-order valence-electron chi connectivity index (χ2n) is 6.54. The predicted molar refractivity (Wildman–Crippen MR) is 106 cm³/mol. The van der Waals surface area contributed by atoms with Crippen molar-refractivity contribution in [3.05, 3.63) is 58.9 Å². The molecule has 0 spiro atoms. The van der Waals surface area contributed by atoms with Crippen LogP contribution in [0.3, 0.4) is 0 Å². The van der Waals surface area contributed by atoms with Crippen molar-refractivity contribution in [1.29, 1.82) is 0 Å². The summed E-state index contributed by atoms with van der Waals surface area (Å²) >= 11 is 6.07. The lowest BCUT2D eigenvalue weighted by molar-refractivity contribution is 0.0486. The first-order valence-corrected chi connectivity index (χ1v) is 11.0. The standard InChI is InChI=1S/C20H21ClFNO5S/c21-19-9-8-17(29(25,26)23-10-1-2-11-23)14-18(19)20(24)28-13-3-12-27-16-6-4-15(22)5-7-16/h4-9,14H,1-3,10-13H2. The molecule has 2 aromatic rings. The zero-order valence-electron chi connectivity index (χ0n) is 15.6. The van der Waals surface area contributed by atoms with Gasteiger partial charge in [-0.2, -0.15) is 4.31 Å². The monoisotopic (exact) mass is 441 g/mol. The smallest absolute Gasteiger partial charge is 0.339 e. The number of carbonyl (C=O) groups is 1. The van der Waals surface area contributed by atoms with Gasteiger partial charge in [-0.25, -0.2) is 17.6 Å². The number of carbonyl (C=O) groups excluding carboxylic acids is 1. The Morgan fingerprint density at radius 3 is 2.45 bits per heavy atom. The average Bonchev–Trinajstić information content (AvgIpc) is 3.25. The number of nitrogens with zero attached hydrogens (tertiary/aromatic N) is 1. The molecular weight excluding hydrogens is 421 g/mol. The second kappa shape index (κ2) is 9.56. The Morgan fingerprint density at radius 1 is 1.07 bits per heavy atom. The molecule has 1 fully saturated rings. The predicted octanol–water partition coefficient (Wildman–Crippen LogP) is 3.89. The molecule has 2 aromatic carbocycles. The number of sulfonamides is 1. The number of halogens is 2. The molecule has 0 saturated carbocycles. The first kappa shape index (κ1) is 21.5. The zero-order valence-corrected chi connectivity index (χ0v) is 17.2. The molecule has 0 atom stereocenters. The van der Waals surface area contributed by atoms with Crippen LogP contribution in [0.2, 0.25) is 5.02 Å². The molecule has 0 aliphatic carbocycles. The first-order chi connectivity index (χ1) is 13.9. The maximum Gasteiger partial charge on any atom is 0.339 e. The first-order valence-electron chi connectivity index (χ1n) is 9.23. The van der Waals surface area contributed by atoms with Crippen LogP contribution in [0.15, 0.2) is 47.4 Å². The molecule has 0 unspecified atom stereocenters. The van der Waals surface area contributed by atoms with Crippen molar-refractivity contribution in [3.8, 4) is 5.75 Å². The maximum absolute atomic E-state index is 12.8. The molecule has 3 rings (SSSR count). The van der Waals surface area contributed by atoms with E-state index in [1.807, 2.05) is 0 Å². The van der Waals surface area contributed by atoms with Gasteiger partial charge in [0.1, 0.15) is 11.6 Å². The highest BCUT2D eigenvalue weighted by atomic mass is 35.5. The molecule has 1 aliphatic rings. The number of esters is 1. The fourth-order valence-electron chi connectivity index (χ4n) is 2.92. The van der Waals surface area contributed by atoms with E-state index in [1.165, 1.54) is 46.8 Å². The van der Waals surface area contributed by atoms with Crippen LogP contribution in [0.1, 0.15) is 29.6 Å². The molecule has 0 aromatic heterocycles. The number of rotatable bonds is 8. The van der Waals surface area contributed by atoms with E-state index in [0.717, 1.165) is 12.8 Å². The fourth-order valence-corrected chi connectivity index (χ4v) is 4.66. The van der Waals surface area contributed by atoms with Crippen LogP contribution in [0.25, 0.3) is 0 Å². The summed E-state index contributed by atoms with van der Waals surface area (Å²) in [5.41, 5.74) is 0.00592. The fraction of sp³-hybridized carbons (Fsp3) is 0.350. The van der Waals surface area contributed by atoms with Gasteiger partial charge in [-0.3, -0.25) is 0 Å². The van der Waals surface area contributed by atoms with Crippen molar-refractivity contribution in [2.24, 2.45) is 0 Å². The van der Waals surface area contributed by atoms with E-state index in [9.17, 15) is 17.6 Å². The molecule has 0 N–H and O–H groups in total. The molecule has 9 heteroatoms. The van der Waals surface area contributed by atoms with Gasteiger partial charge < -0.3 is 9.47 Å². The number of ether oxygens (including phenoxy) is 2. The molecule has 0 radical (unpaired) electrons. The summed E-state index contributed by atoms with van der Waals surface area (Å²) in [7, 11) is -3.65. The molecule has 156 valence electrons. The van der Waals surface area contributed by atoms with Gasteiger partial charge in [0.2, 0.25) is 10.0 Å². The molecule has 29 heavy (non-hydrogen) atoms. The van der Waals surface area contributed by atoms with Crippen molar-refractivity contribution in [1.82, 2.24) is 4.31 Å². The summed E-state index contributed by atoms with van der Waals surface area (Å²) in [5, 5.41) is 0.123. The van der Waals surface area contributed by atoms with E-state index in [4.69, 9.17) is 21.1 Å². The van der Waals surface area contributed by atoms with Crippen LogP contribution in [0.5, 0.6) is 5.75 Å². The number of benzene rings is 2. The Morgan fingerprint density at radius 2 is 1.76 bits per heavy atom. The second-order valence-corrected chi connectivity index (χ2v) is 8.89. The highest BCUT2D eigenvalue weighted by Gasteiger charge is 2.28.